The van der Waals surface area contributed by atoms with Crippen molar-refractivity contribution in [3.63, 3.8) is 0 Å². The van der Waals surface area contributed by atoms with Gasteiger partial charge in [-0.3, -0.25) is 9.48 Å². The number of rotatable bonds is 7. The number of aromatic nitrogens is 3. The lowest BCUT2D eigenvalue weighted by molar-refractivity contribution is -0.136. The molecule has 1 rings (SSSR count). The van der Waals surface area contributed by atoms with Crippen LogP contribution in [0.2, 0.25) is 0 Å². The van der Waals surface area contributed by atoms with Crippen LogP contribution in [0.3, 0.4) is 0 Å². The molecule has 1 aromatic heterocycles. The highest BCUT2D eigenvalue weighted by molar-refractivity contribution is 5.66. The van der Waals surface area contributed by atoms with E-state index in [1.54, 1.807) is 4.68 Å². The van der Waals surface area contributed by atoms with Gasteiger partial charge >= 0.3 is 5.97 Å². The van der Waals surface area contributed by atoms with Gasteiger partial charge in [0.2, 0.25) is 0 Å². The van der Waals surface area contributed by atoms with Gasteiger partial charge in [-0.2, -0.15) is 0 Å². The van der Waals surface area contributed by atoms with E-state index in [-0.39, 0.29) is 6.42 Å². The summed E-state index contributed by atoms with van der Waals surface area (Å²) in [5, 5.41) is 16.4. The second kappa shape index (κ2) is 9.62. The molecule has 18 heavy (non-hydrogen) atoms. The molecule has 0 saturated heterocycles. The fourth-order valence-corrected chi connectivity index (χ4v) is 1.46. The van der Waals surface area contributed by atoms with Gasteiger partial charge in [0.05, 0.1) is 12.1 Å². The number of aliphatic carboxylic acids is 1. The van der Waals surface area contributed by atoms with E-state index < -0.39 is 5.97 Å². The molecule has 0 radical (unpaired) electrons. The molecular formula is C13H25N3O2. The highest BCUT2D eigenvalue weighted by Gasteiger charge is 2.04. The first-order valence-electron chi connectivity index (χ1n) is 6.68. The van der Waals surface area contributed by atoms with Crippen LogP contribution in [0.25, 0.3) is 0 Å². The summed E-state index contributed by atoms with van der Waals surface area (Å²) in [6.07, 6.45) is 4.66. The molecule has 0 aromatic carbocycles. The average molecular weight is 255 g/mol. The molecule has 1 N–H and O–H groups in total. The van der Waals surface area contributed by atoms with E-state index in [1.165, 1.54) is 6.42 Å². The van der Waals surface area contributed by atoms with Crippen molar-refractivity contribution in [3.8, 4) is 0 Å². The normalized spacial score (nSPS) is 10.1. The Bertz CT molecular complexity index is 335. The fraction of sp³-hybridized carbons (Fsp3) is 0.769. The molecule has 0 bridgehead atoms. The third-order valence-electron chi connectivity index (χ3n) is 2.35. The zero-order valence-electron chi connectivity index (χ0n) is 11.9. The van der Waals surface area contributed by atoms with E-state index in [0.717, 1.165) is 18.7 Å². The first-order chi connectivity index (χ1) is 8.58. The lowest BCUT2D eigenvalue weighted by atomic mass is 10.1. The molecule has 5 heteroatoms. The number of nitrogens with zero attached hydrogens (tertiary/aromatic N) is 3. The van der Waals surface area contributed by atoms with E-state index in [2.05, 4.69) is 24.2 Å². The van der Waals surface area contributed by atoms with E-state index in [9.17, 15) is 4.79 Å². The molecule has 0 aliphatic heterocycles. The minimum atomic E-state index is -0.797. The molecule has 0 unspecified atom stereocenters. The van der Waals surface area contributed by atoms with Crippen molar-refractivity contribution in [3.05, 3.63) is 11.9 Å². The Hall–Kier alpha value is -1.39. The molecule has 0 fully saturated rings. The summed E-state index contributed by atoms with van der Waals surface area (Å²) in [7, 11) is 0. The standard InChI is InChI=1S/C11H19N3O2.C2H6/c1-9(2)4-3-7-14-8-10(12-13-14)5-6-11(15)16;1-2/h8-9H,3-7H2,1-2H3,(H,15,16);1-2H3. The first-order valence-corrected chi connectivity index (χ1v) is 6.68. The van der Waals surface area contributed by atoms with Crippen LogP contribution in [-0.2, 0) is 17.8 Å². The average Bonchev–Trinajstić information content (AvgIpc) is 2.77. The molecular weight excluding hydrogens is 230 g/mol. The molecule has 0 saturated carbocycles. The van der Waals surface area contributed by atoms with E-state index in [4.69, 9.17) is 5.11 Å². The summed E-state index contributed by atoms with van der Waals surface area (Å²) < 4.78 is 1.79. The van der Waals surface area contributed by atoms with Crippen LogP contribution >= 0.6 is 0 Å². The summed E-state index contributed by atoms with van der Waals surface area (Å²) in [5.74, 6) is -0.0932. The second-order valence-electron chi connectivity index (χ2n) is 4.40. The Kier molecular flexibility index (Phi) is 8.88. The lowest BCUT2D eigenvalue weighted by Gasteiger charge is -2.03. The molecule has 5 nitrogen and oxygen atoms in total. The van der Waals surface area contributed by atoms with Crippen LogP contribution < -0.4 is 0 Å². The van der Waals surface area contributed by atoms with Crippen LogP contribution in [-0.4, -0.2) is 26.1 Å². The van der Waals surface area contributed by atoms with Crippen molar-refractivity contribution in [2.24, 2.45) is 5.92 Å². The number of hydrogen-bond donors (Lipinski definition) is 1. The molecule has 0 atom stereocenters. The number of hydrogen-bond acceptors (Lipinski definition) is 3. The number of carbonyl (C=O) groups is 1. The molecule has 104 valence electrons. The van der Waals surface area contributed by atoms with Crippen LogP contribution in [0.4, 0.5) is 0 Å². The van der Waals surface area contributed by atoms with Crippen molar-refractivity contribution in [2.75, 3.05) is 0 Å². The summed E-state index contributed by atoms with van der Waals surface area (Å²) in [5.41, 5.74) is 0.756. The molecule has 0 aliphatic carbocycles. The zero-order valence-corrected chi connectivity index (χ0v) is 11.9. The third-order valence-corrected chi connectivity index (χ3v) is 2.35. The van der Waals surface area contributed by atoms with Gasteiger partial charge in [-0.1, -0.05) is 32.9 Å². The van der Waals surface area contributed by atoms with Gasteiger partial charge in [-0.15, -0.1) is 5.10 Å². The van der Waals surface area contributed by atoms with Gasteiger partial charge in [0.15, 0.2) is 0 Å². The molecule has 0 aliphatic rings. The molecule has 0 amide bonds. The van der Waals surface area contributed by atoms with Gasteiger partial charge in [0, 0.05) is 19.2 Å². The van der Waals surface area contributed by atoms with Crippen molar-refractivity contribution in [1.29, 1.82) is 0 Å². The van der Waals surface area contributed by atoms with Crippen molar-refractivity contribution < 1.29 is 9.90 Å². The van der Waals surface area contributed by atoms with Gasteiger partial charge in [0.25, 0.3) is 0 Å². The smallest absolute Gasteiger partial charge is 0.303 e. The largest absolute Gasteiger partial charge is 0.481 e. The Labute approximate surface area is 109 Å². The molecule has 1 aromatic rings. The van der Waals surface area contributed by atoms with Crippen LogP contribution in [0.15, 0.2) is 6.20 Å². The number of aryl methyl sites for hydroxylation is 2. The molecule has 1 heterocycles. The first kappa shape index (κ1) is 16.6. The summed E-state index contributed by atoms with van der Waals surface area (Å²) in [6.45, 7) is 9.25. The van der Waals surface area contributed by atoms with Gasteiger partial charge in [-0.25, -0.2) is 0 Å². The van der Waals surface area contributed by atoms with Crippen LogP contribution in [0.1, 0.15) is 52.7 Å². The highest BCUT2D eigenvalue weighted by atomic mass is 16.4. The van der Waals surface area contributed by atoms with Crippen molar-refractivity contribution >= 4 is 5.97 Å². The predicted octanol–water partition coefficient (Wildman–Crippen LogP) is 2.76. The lowest BCUT2D eigenvalue weighted by Crippen LogP contribution is -2.00. The zero-order chi connectivity index (χ0) is 14.0. The second-order valence-corrected chi connectivity index (χ2v) is 4.40. The van der Waals surface area contributed by atoms with Crippen molar-refractivity contribution in [1.82, 2.24) is 15.0 Å². The minimum Gasteiger partial charge on any atom is -0.481 e. The monoisotopic (exact) mass is 255 g/mol. The highest BCUT2D eigenvalue weighted by Crippen LogP contribution is 2.05. The molecule has 0 spiro atoms. The van der Waals surface area contributed by atoms with E-state index in [1.807, 2.05) is 20.0 Å². The maximum Gasteiger partial charge on any atom is 0.303 e. The Morgan fingerprint density at radius 2 is 2.11 bits per heavy atom. The fourth-order valence-electron chi connectivity index (χ4n) is 1.46. The summed E-state index contributed by atoms with van der Waals surface area (Å²) in [6, 6.07) is 0. The summed E-state index contributed by atoms with van der Waals surface area (Å²) >= 11 is 0. The summed E-state index contributed by atoms with van der Waals surface area (Å²) in [4.78, 5) is 10.4. The third kappa shape index (κ3) is 7.81. The number of carboxylic acid groups (broad SMARTS) is 1. The van der Waals surface area contributed by atoms with Crippen LogP contribution in [0.5, 0.6) is 0 Å². The van der Waals surface area contributed by atoms with Gasteiger partial charge in [-0.05, 0) is 18.8 Å². The quantitative estimate of drug-likeness (QED) is 0.813. The van der Waals surface area contributed by atoms with E-state index >= 15 is 0 Å². The Balaban J connectivity index is 0.00000137. The van der Waals surface area contributed by atoms with E-state index in [0.29, 0.717) is 12.3 Å². The Morgan fingerprint density at radius 1 is 1.44 bits per heavy atom. The predicted molar refractivity (Wildman–Crippen MR) is 71.4 cm³/mol. The topological polar surface area (TPSA) is 68.0 Å². The van der Waals surface area contributed by atoms with Gasteiger partial charge in [0.1, 0.15) is 0 Å². The number of carboxylic acids is 1. The Morgan fingerprint density at radius 3 is 2.67 bits per heavy atom. The SMILES string of the molecule is CC.CC(C)CCCn1cc(CCC(=O)O)nn1. The maximum absolute atomic E-state index is 10.4. The minimum absolute atomic E-state index is 0.116. The maximum atomic E-state index is 10.4. The van der Waals surface area contributed by atoms with Crippen molar-refractivity contribution in [2.45, 2.75) is 59.9 Å². The van der Waals surface area contributed by atoms with Gasteiger partial charge < -0.3 is 5.11 Å². The van der Waals surface area contributed by atoms with Crippen LogP contribution in [0, 0.1) is 5.92 Å².